The van der Waals surface area contributed by atoms with Crippen molar-refractivity contribution < 1.29 is 0 Å². The van der Waals surface area contributed by atoms with E-state index in [0.29, 0.717) is 0 Å². The second-order valence-electron chi connectivity index (χ2n) is 2.09. The summed E-state index contributed by atoms with van der Waals surface area (Å²) in [6, 6.07) is 0. The molecule has 0 aliphatic heterocycles. The molecule has 0 radical (unpaired) electrons. The first-order valence-electron chi connectivity index (χ1n) is 2.57. The zero-order valence-electron chi connectivity index (χ0n) is 5.60. The molecule has 0 saturated heterocycles. The molecule has 0 rings (SSSR count). The molecule has 3 nitrogen and oxygen atoms in total. The molecule has 0 aromatic rings. The van der Waals surface area contributed by atoms with E-state index in [2.05, 4.69) is 10.3 Å². The van der Waals surface area contributed by atoms with E-state index < -0.39 is 0 Å². The van der Waals surface area contributed by atoms with E-state index in [0.717, 1.165) is 0 Å². The summed E-state index contributed by atoms with van der Waals surface area (Å²) >= 11 is 0. The van der Waals surface area contributed by atoms with Crippen LogP contribution in [0, 0.1) is 0 Å². The Morgan fingerprint density at radius 1 is 1.62 bits per heavy atom. The fourth-order valence-corrected chi connectivity index (χ4v) is 0.251. The molecular formula is C5H13N3. The molecule has 0 unspecified atom stereocenters. The Morgan fingerprint density at radius 3 is 2.25 bits per heavy atom. The van der Waals surface area contributed by atoms with E-state index in [9.17, 15) is 0 Å². The van der Waals surface area contributed by atoms with Crippen molar-refractivity contribution in [1.29, 1.82) is 0 Å². The van der Waals surface area contributed by atoms with Crippen molar-refractivity contribution in [3.8, 4) is 0 Å². The molecule has 0 spiro atoms. The van der Waals surface area contributed by atoms with E-state index in [-0.39, 0.29) is 5.66 Å². The highest BCUT2D eigenvalue weighted by Crippen LogP contribution is 1.98. The van der Waals surface area contributed by atoms with E-state index in [4.69, 9.17) is 5.73 Å². The zero-order valence-corrected chi connectivity index (χ0v) is 5.60. The van der Waals surface area contributed by atoms with Gasteiger partial charge in [-0.25, -0.2) is 0 Å². The van der Waals surface area contributed by atoms with Crippen molar-refractivity contribution in [2.45, 2.75) is 19.5 Å². The van der Waals surface area contributed by atoms with Gasteiger partial charge in [0.05, 0.1) is 6.34 Å². The van der Waals surface area contributed by atoms with Crippen LogP contribution in [0.1, 0.15) is 13.8 Å². The summed E-state index contributed by atoms with van der Waals surface area (Å²) in [6.07, 6.45) is 1.30. The van der Waals surface area contributed by atoms with Crippen LogP contribution in [-0.2, 0) is 0 Å². The van der Waals surface area contributed by atoms with Crippen LogP contribution in [0.4, 0.5) is 0 Å². The Bertz CT molecular complexity index is 85.7. The van der Waals surface area contributed by atoms with Crippen LogP contribution in [0.3, 0.4) is 0 Å². The Kier molecular flexibility index (Phi) is 2.48. The van der Waals surface area contributed by atoms with Crippen LogP contribution in [-0.4, -0.2) is 19.0 Å². The average molecular weight is 115 g/mol. The highest BCUT2D eigenvalue weighted by Gasteiger charge is 2.08. The van der Waals surface area contributed by atoms with E-state index in [1.54, 1.807) is 0 Å². The van der Waals surface area contributed by atoms with E-state index >= 15 is 0 Å². The fraction of sp³-hybridized carbons (Fsp3) is 0.800. The third-order valence-corrected chi connectivity index (χ3v) is 1.01. The largest absolute Gasteiger partial charge is 0.390 e. The van der Waals surface area contributed by atoms with Crippen molar-refractivity contribution >= 4 is 6.34 Å². The predicted octanol–water partition coefficient (Wildman–Crippen LogP) is -0.0711. The first-order valence-corrected chi connectivity index (χ1v) is 2.57. The Balaban J connectivity index is 3.71. The van der Waals surface area contributed by atoms with Gasteiger partial charge in [-0.3, -0.25) is 10.3 Å². The van der Waals surface area contributed by atoms with E-state index in [1.165, 1.54) is 6.34 Å². The van der Waals surface area contributed by atoms with Crippen LogP contribution in [0.15, 0.2) is 4.99 Å². The quantitative estimate of drug-likeness (QED) is 0.391. The molecule has 0 atom stereocenters. The minimum atomic E-state index is -0.214. The molecule has 3 N–H and O–H groups in total. The Hall–Kier alpha value is -0.570. The summed E-state index contributed by atoms with van der Waals surface area (Å²) in [7, 11) is 1.84. The highest BCUT2D eigenvalue weighted by molar-refractivity contribution is 5.51. The molecular weight excluding hydrogens is 102 g/mol. The van der Waals surface area contributed by atoms with Gasteiger partial charge < -0.3 is 5.73 Å². The number of nitrogens with zero attached hydrogens (tertiary/aromatic N) is 1. The van der Waals surface area contributed by atoms with Crippen molar-refractivity contribution in [3.05, 3.63) is 0 Å². The fourth-order valence-electron chi connectivity index (χ4n) is 0.251. The summed E-state index contributed by atoms with van der Waals surface area (Å²) in [5.41, 5.74) is 4.85. The molecule has 0 fully saturated rings. The lowest BCUT2D eigenvalue weighted by atomic mass is 10.3. The monoisotopic (exact) mass is 115 g/mol. The molecule has 0 amide bonds. The lowest BCUT2D eigenvalue weighted by Gasteiger charge is -2.16. The van der Waals surface area contributed by atoms with Crippen LogP contribution in [0.25, 0.3) is 0 Å². The molecule has 0 aliphatic carbocycles. The molecule has 0 bridgehead atoms. The summed E-state index contributed by atoms with van der Waals surface area (Å²) in [4.78, 5) is 3.92. The topological polar surface area (TPSA) is 50.4 Å². The smallest absolute Gasteiger partial charge is 0.106 e. The molecule has 0 heterocycles. The van der Waals surface area contributed by atoms with Gasteiger partial charge in [0.25, 0.3) is 0 Å². The van der Waals surface area contributed by atoms with Crippen LogP contribution < -0.4 is 11.1 Å². The Morgan fingerprint density at radius 2 is 2.12 bits per heavy atom. The van der Waals surface area contributed by atoms with Crippen molar-refractivity contribution in [3.63, 3.8) is 0 Å². The summed E-state index contributed by atoms with van der Waals surface area (Å²) < 4.78 is 0. The summed E-state index contributed by atoms with van der Waals surface area (Å²) in [5.74, 6) is 0. The molecule has 0 aromatic heterocycles. The summed E-state index contributed by atoms with van der Waals surface area (Å²) in [6.45, 7) is 3.88. The van der Waals surface area contributed by atoms with Gasteiger partial charge in [0.2, 0.25) is 0 Å². The van der Waals surface area contributed by atoms with Gasteiger partial charge in [0.15, 0.2) is 0 Å². The highest BCUT2D eigenvalue weighted by atomic mass is 15.1. The lowest BCUT2D eigenvalue weighted by molar-refractivity contribution is 0.448. The predicted molar refractivity (Wildman–Crippen MR) is 35.8 cm³/mol. The van der Waals surface area contributed by atoms with Gasteiger partial charge >= 0.3 is 0 Å². The average Bonchev–Trinajstić information content (AvgIpc) is 1.67. The maximum Gasteiger partial charge on any atom is 0.106 e. The molecule has 0 aromatic carbocycles. The van der Waals surface area contributed by atoms with Gasteiger partial charge in [0.1, 0.15) is 5.66 Å². The first kappa shape index (κ1) is 7.43. The number of hydrogen-bond acceptors (Lipinski definition) is 2. The first-order chi connectivity index (χ1) is 3.62. The van der Waals surface area contributed by atoms with Gasteiger partial charge in [0, 0.05) is 0 Å². The maximum atomic E-state index is 5.06. The molecule has 0 saturated carbocycles. The maximum absolute atomic E-state index is 5.06. The van der Waals surface area contributed by atoms with Crippen LogP contribution in [0.2, 0.25) is 0 Å². The van der Waals surface area contributed by atoms with Crippen molar-refractivity contribution in [1.82, 2.24) is 5.32 Å². The summed E-state index contributed by atoms with van der Waals surface area (Å²) in [5, 5.41) is 2.96. The zero-order chi connectivity index (χ0) is 6.62. The minimum absolute atomic E-state index is 0.214. The number of aliphatic imine (C=N–C) groups is 1. The lowest BCUT2D eigenvalue weighted by Crippen LogP contribution is -2.34. The van der Waals surface area contributed by atoms with Gasteiger partial charge in [-0.15, -0.1) is 0 Å². The molecule has 0 aliphatic rings. The number of hydrogen-bond donors (Lipinski definition) is 2. The second-order valence-corrected chi connectivity index (χ2v) is 2.09. The minimum Gasteiger partial charge on any atom is -0.390 e. The molecule has 48 valence electrons. The number of nitrogens with two attached hydrogens (primary N) is 1. The van der Waals surface area contributed by atoms with Crippen LogP contribution in [0.5, 0.6) is 0 Å². The Labute approximate surface area is 50.0 Å². The van der Waals surface area contributed by atoms with Gasteiger partial charge in [-0.05, 0) is 20.9 Å². The normalized spacial score (nSPS) is 12.9. The third kappa shape index (κ3) is 2.58. The van der Waals surface area contributed by atoms with Gasteiger partial charge in [-0.1, -0.05) is 0 Å². The van der Waals surface area contributed by atoms with E-state index in [1.807, 2.05) is 20.9 Å². The van der Waals surface area contributed by atoms with Crippen molar-refractivity contribution in [2.24, 2.45) is 10.7 Å². The number of nitrogens with one attached hydrogen (secondary N) is 1. The SMILES string of the molecule is CNC(C)(C)N=CN. The molecule has 3 heteroatoms. The standard InChI is InChI=1S/C5H13N3/c1-5(2,7-3)8-4-6/h4,7H,1-3H3,(H2,6,8). The number of rotatable bonds is 2. The molecule has 8 heavy (non-hydrogen) atoms. The third-order valence-electron chi connectivity index (χ3n) is 1.01. The second kappa shape index (κ2) is 2.67. The van der Waals surface area contributed by atoms with Crippen LogP contribution >= 0.6 is 0 Å². The van der Waals surface area contributed by atoms with Gasteiger partial charge in [-0.2, -0.15) is 0 Å². The van der Waals surface area contributed by atoms with Crippen molar-refractivity contribution in [2.75, 3.05) is 7.05 Å².